The first-order valence-electron chi connectivity index (χ1n) is 6.07. The molecule has 0 saturated heterocycles. The fraction of sp³-hybridized carbons (Fsp3) is 0.538. The summed E-state index contributed by atoms with van der Waals surface area (Å²) in [5.41, 5.74) is 1.85. The first-order valence-corrected chi connectivity index (χ1v) is 6.07. The smallest absolute Gasteiger partial charge is 0.292 e. The molecule has 1 N–H and O–H groups in total. The van der Waals surface area contributed by atoms with Crippen LogP contribution in [0.4, 0.5) is 11.4 Å². The third kappa shape index (κ3) is 2.96. The Labute approximate surface area is 101 Å². The molecule has 2 rings (SSSR count). The van der Waals surface area contributed by atoms with E-state index in [0.29, 0.717) is 11.6 Å². The summed E-state index contributed by atoms with van der Waals surface area (Å²) in [5.74, 6) is 1.40. The molecular formula is C13H18N2O2. The standard InChI is InChI=1S/C13H18N2O2/c1-9-3-6-13(15(16)17)12(7-9)14-8-10(2)11-4-5-11/h3,6-7,10-11,14H,4-5,8H2,1-2H3. The number of hydrogen-bond donors (Lipinski definition) is 1. The maximum Gasteiger partial charge on any atom is 0.292 e. The highest BCUT2D eigenvalue weighted by Gasteiger charge is 2.27. The molecule has 4 heteroatoms. The molecule has 1 aromatic rings. The van der Waals surface area contributed by atoms with Crippen molar-refractivity contribution in [3.05, 3.63) is 33.9 Å². The van der Waals surface area contributed by atoms with Crippen LogP contribution < -0.4 is 5.32 Å². The van der Waals surface area contributed by atoms with E-state index in [9.17, 15) is 10.1 Å². The zero-order valence-electron chi connectivity index (χ0n) is 10.3. The molecule has 1 aliphatic rings. The van der Waals surface area contributed by atoms with Crippen LogP contribution >= 0.6 is 0 Å². The second kappa shape index (κ2) is 4.73. The van der Waals surface area contributed by atoms with Crippen molar-refractivity contribution in [2.24, 2.45) is 11.8 Å². The minimum Gasteiger partial charge on any atom is -0.379 e. The molecule has 0 spiro atoms. The predicted molar refractivity (Wildman–Crippen MR) is 68.2 cm³/mol. The van der Waals surface area contributed by atoms with Crippen LogP contribution in [-0.4, -0.2) is 11.5 Å². The van der Waals surface area contributed by atoms with Crippen LogP contribution in [0.1, 0.15) is 25.3 Å². The highest BCUT2D eigenvalue weighted by Crippen LogP contribution is 2.37. The molecule has 0 aliphatic heterocycles. The van der Waals surface area contributed by atoms with Gasteiger partial charge in [-0.15, -0.1) is 0 Å². The van der Waals surface area contributed by atoms with E-state index < -0.39 is 0 Å². The van der Waals surface area contributed by atoms with Crippen LogP contribution in [0.3, 0.4) is 0 Å². The second-order valence-electron chi connectivity index (χ2n) is 4.97. The number of nitrogens with zero attached hydrogens (tertiary/aromatic N) is 1. The molecule has 1 saturated carbocycles. The zero-order chi connectivity index (χ0) is 12.4. The van der Waals surface area contributed by atoms with Gasteiger partial charge in [-0.1, -0.05) is 13.0 Å². The average Bonchev–Trinajstić information content (AvgIpc) is 3.09. The number of nitrogens with one attached hydrogen (secondary N) is 1. The summed E-state index contributed by atoms with van der Waals surface area (Å²) in [6.07, 6.45) is 2.61. The molecule has 1 fully saturated rings. The fourth-order valence-electron chi connectivity index (χ4n) is 2.05. The van der Waals surface area contributed by atoms with Gasteiger partial charge >= 0.3 is 0 Å². The Balaban J connectivity index is 2.07. The lowest BCUT2D eigenvalue weighted by atomic mass is 10.1. The number of nitro benzene ring substituents is 1. The largest absolute Gasteiger partial charge is 0.379 e. The first kappa shape index (κ1) is 11.9. The van der Waals surface area contributed by atoms with E-state index in [0.717, 1.165) is 18.0 Å². The van der Waals surface area contributed by atoms with Crippen LogP contribution in [0.2, 0.25) is 0 Å². The molecule has 1 aliphatic carbocycles. The van der Waals surface area contributed by atoms with Crippen LogP contribution in [-0.2, 0) is 0 Å². The fourth-order valence-corrected chi connectivity index (χ4v) is 2.05. The van der Waals surface area contributed by atoms with Gasteiger partial charge in [0.05, 0.1) is 4.92 Å². The summed E-state index contributed by atoms with van der Waals surface area (Å²) in [4.78, 5) is 10.6. The highest BCUT2D eigenvalue weighted by atomic mass is 16.6. The van der Waals surface area contributed by atoms with Gasteiger partial charge in [0.15, 0.2) is 0 Å². The molecule has 1 atom stereocenters. The number of rotatable bonds is 5. The lowest BCUT2D eigenvalue weighted by molar-refractivity contribution is -0.384. The van der Waals surface area contributed by atoms with E-state index in [1.54, 1.807) is 12.1 Å². The molecule has 92 valence electrons. The zero-order valence-corrected chi connectivity index (χ0v) is 10.3. The van der Waals surface area contributed by atoms with Gasteiger partial charge in [-0.3, -0.25) is 10.1 Å². The molecule has 0 amide bonds. The molecular weight excluding hydrogens is 216 g/mol. The van der Waals surface area contributed by atoms with E-state index in [2.05, 4.69) is 12.2 Å². The summed E-state index contributed by atoms with van der Waals surface area (Å²) >= 11 is 0. The number of aryl methyl sites for hydroxylation is 1. The Bertz CT molecular complexity index is 427. The topological polar surface area (TPSA) is 55.2 Å². The summed E-state index contributed by atoms with van der Waals surface area (Å²) in [6, 6.07) is 5.19. The Morgan fingerprint density at radius 3 is 2.82 bits per heavy atom. The van der Waals surface area contributed by atoms with Crippen molar-refractivity contribution < 1.29 is 4.92 Å². The molecule has 0 heterocycles. The molecule has 4 nitrogen and oxygen atoms in total. The number of benzene rings is 1. The van der Waals surface area contributed by atoms with Crippen molar-refractivity contribution in [1.82, 2.24) is 0 Å². The minimum atomic E-state index is -0.330. The molecule has 17 heavy (non-hydrogen) atoms. The van der Waals surface area contributed by atoms with Gasteiger partial charge in [0, 0.05) is 12.6 Å². The second-order valence-corrected chi connectivity index (χ2v) is 4.97. The Morgan fingerprint density at radius 1 is 1.53 bits per heavy atom. The lowest BCUT2D eigenvalue weighted by Crippen LogP contribution is -2.13. The van der Waals surface area contributed by atoms with Gasteiger partial charge < -0.3 is 5.32 Å². The van der Waals surface area contributed by atoms with Gasteiger partial charge in [0.1, 0.15) is 5.69 Å². The van der Waals surface area contributed by atoms with Crippen LogP contribution in [0.15, 0.2) is 18.2 Å². The van der Waals surface area contributed by atoms with Gasteiger partial charge in [0.2, 0.25) is 0 Å². The normalized spacial score (nSPS) is 16.6. The summed E-state index contributed by atoms with van der Waals surface area (Å²) in [7, 11) is 0. The average molecular weight is 234 g/mol. The van der Waals surface area contributed by atoms with Gasteiger partial charge in [0.25, 0.3) is 5.69 Å². The number of hydrogen-bond acceptors (Lipinski definition) is 3. The van der Waals surface area contributed by atoms with Gasteiger partial charge in [-0.2, -0.15) is 0 Å². The summed E-state index contributed by atoms with van der Waals surface area (Å²) in [6.45, 7) is 4.96. The quantitative estimate of drug-likeness (QED) is 0.627. The van der Waals surface area contributed by atoms with E-state index >= 15 is 0 Å². The Hall–Kier alpha value is -1.58. The Morgan fingerprint density at radius 2 is 2.24 bits per heavy atom. The van der Waals surface area contributed by atoms with Crippen molar-refractivity contribution in [2.45, 2.75) is 26.7 Å². The molecule has 1 unspecified atom stereocenters. The lowest BCUT2D eigenvalue weighted by Gasteiger charge is -2.13. The number of anilines is 1. The van der Waals surface area contributed by atoms with Crippen molar-refractivity contribution >= 4 is 11.4 Å². The van der Waals surface area contributed by atoms with Crippen LogP contribution in [0.5, 0.6) is 0 Å². The van der Waals surface area contributed by atoms with Gasteiger partial charge in [-0.05, 0) is 43.2 Å². The van der Waals surface area contributed by atoms with Crippen molar-refractivity contribution in [1.29, 1.82) is 0 Å². The molecule has 0 radical (unpaired) electrons. The van der Waals surface area contributed by atoms with E-state index in [-0.39, 0.29) is 10.6 Å². The summed E-state index contributed by atoms with van der Waals surface area (Å²) < 4.78 is 0. The van der Waals surface area contributed by atoms with E-state index in [1.807, 2.05) is 13.0 Å². The molecule has 0 aromatic heterocycles. The van der Waals surface area contributed by atoms with Crippen LogP contribution in [0.25, 0.3) is 0 Å². The monoisotopic (exact) mass is 234 g/mol. The maximum absolute atomic E-state index is 10.9. The van der Waals surface area contributed by atoms with Crippen molar-refractivity contribution in [3.63, 3.8) is 0 Å². The molecule has 1 aromatic carbocycles. The first-order chi connectivity index (χ1) is 8.08. The minimum absolute atomic E-state index is 0.165. The predicted octanol–water partition coefficient (Wildman–Crippen LogP) is 3.36. The third-order valence-corrected chi connectivity index (χ3v) is 3.39. The maximum atomic E-state index is 10.9. The SMILES string of the molecule is Cc1ccc([N+](=O)[O-])c(NCC(C)C2CC2)c1. The number of nitro groups is 1. The van der Waals surface area contributed by atoms with Crippen molar-refractivity contribution in [3.8, 4) is 0 Å². The van der Waals surface area contributed by atoms with E-state index in [1.165, 1.54) is 12.8 Å². The third-order valence-electron chi connectivity index (χ3n) is 3.39. The molecule has 0 bridgehead atoms. The van der Waals surface area contributed by atoms with E-state index in [4.69, 9.17) is 0 Å². The van der Waals surface area contributed by atoms with Crippen molar-refractivity contribution in [2.75, 3.05) is 11.9 Å². The highest BCUT2D eigenvalue weighted by molar-refractivity contribution is 5.62. The van der Waals surface area contributed by atoms with Crippen LogP contribution in [0, 0.1) is 28.9 Å². The summed E-state index contributed by atoms with van der Waals surface area (Å²) in [5, 5.41) is 14.1. The van der Waals surface area contributed by atoms with Gasteiger partial charge in [-0.25, -0.2) is 0 Å². The Kier molecular flexibility index (Phi) is 3.31.